The van der Waals surface area contributed by atoms with Gasteiger partial charge in [-0.25, -0.2) is 4.79 Å². The van der Waals surface area contributed by atoms with Crippen LogP contribution >= 0.6 is 0 Å². The fourth-order valence-electron chi connectivity index (χ4n) is 4.93. The van der Waals surface area contributed by atoms with Crippen molar-refractivity contribution >= 4 is 21.8 Å². The Hall–Kier alpha value is -3.27. The Labute approximate surface area is 258 Å². The number of hydrogen-bond donors (Lipinski definition) is 2. The quantitative estimate of drug-likeness (QED) is 0.0610. The van der Waals surface area contributed by atoms with Gasteiger partial charge in [-0.1, -0.05) is 90.4 Å². The molecular formula is C33H51N3O6S. The van der Waals surface area contributed by atoms with E-state index in [1.807, 2.05) is 11.9 Å². The van der Waals surface area contributed by atoms with Gasteiger partial charge in [-0.15, -0.1) is 5.10 Å². The van der Waals surface area contributed by atoms with Crippen LogP contribution in [0.15, 0.2) is 52.5 Å². The summed E-state index contributed by atoms with van der Waals surface area (Å²) in [4.78, 5) is 15.3. The van der Waals surface area contributed by atoms with Crippen LogP contribution in [0.2, 0.25) is 0 Å². The highest BCUT2D eigenvalue weighted by Crippen LogP contribution is 2.28. The molecular weight excluding hydrogens is 566 g/mol. The van der Waals surface area contributed by atoms with Gasteiger partial charge in [0.2, 0.25) is 0 Å². The van der Waals surface area contributed by atoms with Crippen molar-refractivity contribution in [3.8, 4) is 11.5 Å². The topological polar surface area (TPSA) is 118 Å². The number of unbranched alkanes of at least 4 members (excludes halogenated alkanes) is 13. The number of nitrogens with one attached hydrogen (secondary N) is 1. The first kappa shape index (κ1) is 35.9. The van der Waals surface area contributed by atoms with Gasteiger partial charge in [0.25, 0.3) is 10.0 Å². The first-order valence-corrected chi connectivity index (χ1v) is 17.1. The maximum absolute atomic E-state index is 13.0. The van der Waals surface area contributed by atoms with Crippen molar-refractivity contribution in [2.75, 3.05) is 27.8 Å². The molecule has 2 N–H and O–H groups in total. The summed E-state index contributed by atoms with van der Waals surface area (Å²) in [7, 11) is 0.948. The van der Waals surface area contributed by atoms with Crippen LogP contribution in [0.1, 0.15) is 113 Å². The number of amidine groups is 1. The van der Waals surface area contributed by atoms with Crippen LogP contribution in [0.5, 0.6) is 11.5 Å². The van der Waals surface area contributed by atoms with Crippen molar-refractivity contribution in [2.24, 2.45) is 5.10 Å². The van der Waals surface area contributed by atoms with Crippen LogP contribution in [-0.4, -0.2) is 58.0 Å². The number of carboxylic acids is 1. The summed E-state index contributed by atoms with van der Waals surface area (Å²) in [6, 6.07) is 10.3. The van der Waals surface area contributed by atoms with Crippen LogP contribution in [-0.2, 0) is 10.0 Å². The summed E-state index contributed by atoms with van der Waals surface area (Å²) in [6.45, 7) is 2.95. The third-order valence-electron chi connectivity index (χ3n) is 7.53. The Morgan fingerprint density at radius 1 is 0.767 bits per heavy atom. The lowest BCUT2D eigenvalue weighted by atomic mass is 10.0. The molecule has 0 heterocycles. The second-order valence-electron chi connectivity index (χ2n) is 10.9. The summed E-state index contributed by atoms with van der Waals surface area (Å²) in [5.41, 5.74) is 0.663. The maximum Gasteiger partial charge on any atom is 0.335 e. The number of rotatable bonds is 22. The molecule has 0 aromatic heterocycles. The standard InChI is InChI=1S/C33H51N3O6S/c1-5-6-7-8-9-10-11-12-13-14-15-16-17-18-25-36(2)32(28-21-24-30(41-3)31(26-28)42-4)34-35-43(39,40)29-22-19-27(20-23-29)33(37)38/h19-24,26,35H,5-18,25H2,1-4H3,(H,37,38)/b34-32+. The molecule has 0 amide bonds. The van der Waals surface area contributed by atoms with E-state index in [4.69, 9.17) is 14.6 Å². The number of hydrogen-bond acceptors (Lipinski definition) is 6. The molecule has 0 spiro atoms. The maximum atomic E-state index is 13.0. The SMILES string of the molecule is CCCCCCCCCCCCCCCCN(C)/C(=N/NS(=O)(=O)c1ccc(C(=O)O)cc1)c1ccc(OC)c(OC)c1. The highest BCUT2D eigenvalue weighted by molar-refractivity contribution is 7.89. The predicted octanol–water partition coefficient (Wildman–Crippen LogP) is 7.46. The molecule has 0 aliphatic heterocycles. The van der Waals surface area contributed by atoms with Crippen LogP contribution in [0, 0.1) is 0 Å². The van der Waals surface area contributed by atoms with Crippen molar-refractivity contribution in [2.45, 2.75) is 102 Å². The van der Waals surface area contributed by atoms with Gasteiger partial charge >= 0.3 is 5.97 Å². The van der Waals surface area contributed by atoms with E-state index in [2.05, 4.69) is 16.9 Å². The van der Waals surface area contributed by atoms with Gasteiger partial charge in [-0.2, -0.15) is 13.2 Å². The number of carboxylic acid groups (broad SMARTS) is 1. The van der Waals surface area contributed by atoms with Crippen LogP contribution < -0.4 is 14.3 Å². The highest BCUT2D eigenvalue weighted by Gasteiger charge is 2.18. The van der Waals surface area contributed by atoms with E-state index in [1.165, 1.54) is 101 Å². The second-order valence-corrected chi connectivity index (χ2v) is 12.6. The van der Waals surface area contributed by atoms with E-state index in [-0.39, 0.29) is 10.5 Å². The summed E-state index contributed by atoms with van der Waals surface area (Å²) in [5.74, 6) is 0.362. The first-order chi connectivity index (χ1) is 20.7. The number of hydrazone groups is 1. The summed E-state index contributed by atoms with van der Waals surface area (Å²) >= 11 is 0. The summed E-state index contributed by atoms with van der Waals surface area (Å²) in [6.07, 6.45) is 17.9. The van der Waals surface area contributed by atoms with E-state index in [0.717, 1.165) is 12.8 Å². The largest absolute Gasteiger partial charge is 0.493 e. The minimum atomic E-state index is -4.03. The lowest BCUT2D eigenvalue weighted by molar-refractivity contribution is 0.0696. The van der Waals surface area contributed by atoms with E-state index in [1.54, 1.807) is 32.4 Å². The Morgan fingerprint density at radius 3 is 1.74 bits per heavy atom. The molecule has 9 nitrogen and oxygen atoms in total. The fourth-order valence-corrected chi connectivity index (χ4v) is 5.73. The van der Waals surface area contributed by atoms with Gasteiger partial charge in [0.15, 0.2) is 17.3 Å². The van der Waals surface area contributed by atoms with Crippen molar-refractivity contribution < 1.29 is 27.8 Å². The van der Waals surface area contributed by atoms with Crippen molar-refractivity contribution in [3.63, 3.8) is 0 Å². The average Bonchev–Trinajstić information content (AvgIpc) is 3.01. The van der Waals surface area contributed by atoms with Gasteiger partial charge in [0.1, 0.15) is 0 Å². The summed E-state index contributed by atoms with van der Waals surface area (Å²) < 4.78 is 36.7. The lowest BCUT2D eigenvalue weighted by Crippen LogP contribution is -2.32. The number of benzene rings is 2. The van der Waals surface area contributed by atoms with E-state index >= 15 is 0 Å². The molecule has 2 aromatic rings. The number of carbonyl (C=O) groups is 1. The fraction of sp³-hybridized carbons (Fsp3) is 0.576. The molecule has 0 aliphatic carbocycles. The molecule has 0 atom stereocenters. The Kier molecular flexibility index (Phi) is 16.6. The molecule has 2 rings (SSSR count). The minimum Gasteiger partial charge on any atom is -0.493 e. The molecule has 0 radical (unpaired) electrons. The third-order valence-corrected chi connectivity index (χ3v) is 8.76. The van der Waals surface area contributed by atoms with Gasteiger partial charge < -0.3 is 19.5 Å². The molecule has 240 valence electrons. The zero-order chi connectivity index (χ0) is 31.5. The zero-order valence-corrected chi connectivity index (χ0v) is 27.3. The monoisotopic (exact) mass is 617 g/mol. The van der Waals surface area contributed by atoms with Gasteiger partial charge in [-0.3, -0.25) is 0 Å². The predicted molar refractivity (Wildman–Crippen MR) is 173 cm³/mol. The Morgan fingerprint density at radius 2 is 1.26 bits per heavy atom. The van der Waals surface area contributed by atoms with E-state index < -0.39 is 16.0 Å². The van der Waals surface area contributed by atoms with Crippen LogP contribution in [0.4, 0.5) is 0 Å². The smallest absolute Gasteiger partial charge is 0.335 e. The second kappa shape index (κ2) is 19.8. The Bertz CT molecular complexity index is 1230. The molecule has 0 fully saturated rings. The van der Waals surface area contributed by atoms with Gasteiger partial charge in [0, 0.05) is 19.2 Å². The van der Waals surface area contributed by atoms with Crippen molar-refractivity contribution in [3.05, 3.63) is 53.6 Å². The van der Waals surface area contributed by atoms with E-state index in [9.17, 15) is 13.2 Å². The average molecular weight is 618 g/mol. The van der Waals surface area contributed by atoms with Gasteiger partial charge in [0.05, 0.1) is 24.7 Å². The molecule has 0 saturated heterocycles. The third kappa shape index (κ3) is 12.9. The van der Waals surface area contributed by atoms with Crippen LogP contribution in [0.3, 0.4) is 0 Å². The molecule has 10 heteroatoms. The van der Waals surface area contributed by atoms with E-state index in [0.29, 0.717) is 29.4 Å². The number of sulfonamides is 1. The molecule has 0 saturated carbocycles. The summed E-state index contributed by atoms with van der Waals surface area (Å²) in [5, 5.41) is 13.4. The van der Waals surface area contributed by atoms with Gasteiger partial charge in [-0.05, 0) is 48.9 Å². The molecule has 2 aromatic carbocycles. The number of methoxy groups -OCH3 is 2. The zero-order valence-electron chi connectivity index (χ0n) is 26.4. The number of aromatic carboxylic acids is 1. The molecule has 43 heavy (non-hydrogen) atoms. The normalized spacial score (nSPS) is 11.8. The highest BCUT2D eigenvalue weighted by atomic mass is 32.2. The van der Waals surface area contributed by atoms with Crippen molar-refractivity contribution in [1.29, 1.82) is 0 Å². The minimum absolute atomic E-state index is 0.00127. The number of nitrogens with zero attached hydrogens (tertiary/aromatic N) is 2. The molecule has 0 unspecified atom stereocenters. The number of ether oxygens (including phenoxy) is 2. The van der Waals surface area contributed by atoms with Crippen LogP contribution in [0.25, 0.3) is 0 Å². The first-order valence-electron chi connectivity index (χ1n) is 15.6. The molecule has 0 aliphatic rings. The molecule has 0 bridgehead atoms. The Balaban J connectivity index is 1.94. The van der Waals surface area contributed by atoms with Crippen molar-refractivity contribution in [1.82, 2.24) is 9.73 Å². The lowest BCUT2D eigenvalue weighted by Gasteiger charge is -2.22.